The highest BCUT2D eigenvalue weighted by Gasteiger charge is 2.40. The minimum Gasteiger partial charge on any atom is -0.326 e. The van der Waals surface area contributed by atoms with Gasteiger partial charge in [0.1, 0.15) is 12.6 Å². The first-order chi connectivity index (χ1) is 10.8. The third-order valence-corrected chi connectivity index (χ3v) is 3.89. The maximum absolute atomic E-state index is 12.1. The Kier molecular flexibility index (Phi) is 5.03. The number of hydrogen-bond donors (Lipinski definition) is 2. The van der Waals surface area contributed by atoms with Crippen LogP contribution in [0.3, 0.4) is 0 Å². The van der Waals surface area contributed by atoms with Crippen molar-refractivity contribution in [3.8, 4) is 0 Å². The van der Waals surface area contributed by atoms with Crippen molar-refractivity contribution in [2.75, 3.05) is 11.9 Å². The van der Waals surface area contributed by atoms with Crippen LogP contribution in [0.4, 0.5) is 10.5 Å². The third kappa shape index (κ3) is 3.88. The molecule has 6 heteroatoms. The lowest BCUT2D eigenvalue weighted by molar-refractivity contribution is -0.131. The minimum absolute atomic E-state index is 0.0110. The first-order valence-electron chi connectivity index (χ1n) is 7.81. The number of nitrogens with one attached hydrogen (secondary N) is 2. The molecule has 1 atom stereocenters. The number of hydrogen-bond acceptors (Lipinski definition) is 3. The predicted octanol–water partition coefficient (Wildman–Crippen LogP) is 2.32. The summed E-state index contributed by atoms with van der Waals surface area (Å²) in [5.41, 5.74) is 1.82. The van der Waals surface area contributed by atoms with Crippen LogP contribution in [0.2, 0.25) is 0 Å². The first kappa shape index (κ1) is 17.0. The number of benzene rings is 1. The standard InChI is InChI=1S/C17H23N3O3/c1-10(2)12-5-7-13(8-6-12)18-14(21)9-20-16(22)15(11(3)4)19-17(20)23/h5-8,10-11,15H,9H2,1-4H3,(H,18,21)(H,19,23). The van der Waals surface area contributed by atoms with Crippen molar-refractivity contribution in [3.63, 3.8) is 0 Å². The Hall–Kier alpha value is -2.37. The van der Waals surface area contributed by atoms with Crippen LogP contribution in [0.1, 0.15) is 39.2 Å². The summed E-state index contributed by atoms with van der Waals surface area (Å²) in [7, 11) is 0. The number of urea groups is 1. The Labute approximate surface area is 136 Å². The molecule has 23 heavy (non-hydrogen) atoms. The molecule has 1 fully saturated rings. The third-order valence-electron chi connectivity index (χ3n) is 3.89. The maximum Gasteiger partial charge on any atom is 0.325 e. The highest BCUT2D eigenvalue weighted by molar-refractivity contribution is 6.08. The lowest BCUT2D eigenvalue weighted by atomic mass is 10.0. The first-order valence-corrected chi connectivity index (χ1v) is 7.81. The van der Waals surface area contributed by atoms with Crippen LogP contribution in [0.5, 0.6) is 0 Å². The van der Waals surface area contributed by atoms with Crippen molar-refractivity contribution in [3.05, 3.63) is 29.8 Å². The van der Waals surface area contributed by atoms with E-state index in [4.69, 9.17) is 0 Å². The maximum atomic E-state index is 12.1. The van der Waals surface area contributed by atoms with E-state index in [9.17, 15) is 14.4 Å². The summed E-state index contributed by atoms with van der Waals surface area (Å²) >= 11 is 0. The number of nitrogens with zero attached hydrogens (tertiary/aromatic N) is 1. The van der Waals surface area contributed by atoms with E-state index in [1.165, 1.54) is 5.56 Å². The SMILES string of the molecule is CC(C)c1ccc(NC(=O)CN2C(=O)NC(C(C)C)C2=O)cc1. The second-order valence-electron chi connectivity index (χ2n) is 6.42. The smallest absolute Gasteiger partial charge is 0.325 e. The summed E-state index contributed by atoms with van der Waals surface area (Å²) < 4.78 is 0. The average molecular weight is 317 g/mol. The van der Waals surface area contributed by atoms with Gasteiger partial charge in [-0.25, -0.2) is 4.79 Å². The zero-order valence-corrected chi connectivity index (χ0v) is 13.9. The molecule has 124 valence electrons. The summed E-state index contributed by atoms with van der Waals surface area (Å²) in [5, 5.41) is 5.31. The van der Waals surface area contributed by atoms with Crippen LogP contribution in [-0.2, 0) is 9.59 Å². The Morgan fingerprint density at radius 3 is 2.26 bits per heavy atom. The average Bonchev–Trinajstić information content (AvgIpc) is 2.76. The van der Waals surface area contributed by atoms with Crippen LogP contribution >= 0.6 is 0 Å². The van der Waals surface area contributed by atoms with Gasteiger partial charge in [0.2, 0.25) is 5.91 Å². The Morgan fingerprint density at radius 2 is 1.78 bits per heavy atom. The molecule has 0 spiro atoms. The van der Waals surface area contributed by atoms with Gasteiger partial charge in [-0.2, -0.15) is 0 Å². The largest absolute Gasteiger partial charge is 0.326 e. The molecular weight excluding hydrogens is 294 g/mol. The van der Waals surface area contributed by atoms with Gasteiger partial charge in [-0.05, 0) is 29.5 Å². The number of imide groups is 1. The highest BCUT2D eigenvalue weighted by Crippen LogP contribution is 2.18. The van der Waals surface area contributed by atoms with Gasteiger partial charge in [0.25, 0.3) is 5.91 Å². The second kappa shape index (κ2) is 6.81. The van der Waals surface area contributed by atoms with Gasteiger partial charge in [0.05, 0.1) is 0 Å². The van der Waals surface area contributed by atoms with Gasteiger partial charge in [-0.15, -0.1) is 0 Å². The molecule has 1 unspecified atom stereocenters. The molecule has 1 aromatic carbocycles. The Balaban J connectivity index is 1.97. The summed E-state index contributed by atoms with van der Waals surface area (Å²) in [5.74, 6) is -0.341. The fourth-order valence-corrected chi connectivity index (χ4v) is 2.44. The molecule has 0 aliphatic carbocycles. The molecule has 0 bridgehead atoms. The van der Waals surface area contributed by atoms with E-state index in [0.29, 0.717) is 11.6 Å². The molecule has 1 saturated heterocycles. The minimum atomic E-state index is -0.555. The van der Waals surface area contributed by atoms with Crippen LogP contribution in [0.15, 0.2) is 24.3 Å². The highest BCUT2D eigenvalue weighted by atomic mass is 16.2. The molecule has 4 amide bonds. The number of rotatable bonds is 5. The molecule has 0 radical (unpaired) electrons. The number of amides is 4. The Morgan fingerprint density at radius 1 is 1.17 bits per heavy atom. The van der Waals surface area contributed by atoms with E-state index in [-0.39, 0.29) is 18.4 Å². The van der Waals surface area contributed by atoms with E-state index >= 15 is 0 Å². The molecule has 1 heterocycles. The van der Waals surface area contributed by atoms with Gasteiger partial charge < -0.3 is 10.6 Å². The van der Waals surface area contributed by atoms with E-state index in [2.05, 4.69) is 24.5 Å². The van der Waals surface area contributed by atoms with Crippen molar-refractivity contribution in [1.29, 1.82) is 0 Å². The van der Waals surface area contributed by atoms with Crippen molar-refractivity contribution < 1.29 is 14.4 Å². The predicted molar refractivity (Wildman–Crippen MR) is 88.0 cm³/mol. The fourth-order valence-electron chi connectivity index (χ4n) is 2.44. The van der Waals surface area contributed by atoms with E-state index in [1.54, 1.807) is 0 Å². The zero-order valence-electron chi connectivity index (χ0n) is 13.9. The van der Waals surface area contributed by atoms with Crippen LogP contribution < -0.4 is 10.6 Å². The van der Waals surface area contributed by atoms with Crippen LogP contribution in [0, 0.1) is 5.92 Å². The van der Waals surface area contributed by atoms with Crippen molar-refractivity contribution >= 4 is 23.5 Å². The van der Waals surface area contributed by atoms with E-state index in [0.717, 1.165) is 4.90 Å². The molecule has 1 aliphatic rings. The van der Waals surface area contributed by atoms with Gasteiger partial charge in [-0.1, -0.05) is 39.8 Å². The molecule has 2 rings (SSSR count). The summed E-state index contributed by atoms with van der Waals surface area (Å²) in [6, 6.07) is 6.46. The molecule has 0 aromatic heterocycles. The number of carbonyl (C=O) groups excluding carboxylic acids is 3. The van der Waals surface area contributed by atoms with Crippen LogP contribution in [0.25, 0.3) is 0 Å². The van der Waals surface area contributed by atoms with Gasteiger partial charge in [-0.3, -0.25) is 14.5 Å². The van der Waals surface area contributed by atoms with E-state index < -0.39 is 18.0 Å². The summed E-state index contributed by atoms with van der Waals surface area (Å²) in [6.45, 7) is 7.61. The number of anilines is 1. The lowest BCUT2D eigenvalue weighted by Crippen LogP contribution is -2.39. The van der Waals surface area contributed by atoms with Crippen molar-refractivity contribution in [2.24, 2.45) is 5.92 Å². The number of carbonyl (C=O) groups is 3. The fraction of sp³-hybridized carbons (Fsp3) is 0.471. The molecular formula is C17H23N3O3. The van der Waals surface area contributed by atoms with Gasteiger partial charge >= 0.3 is 6.03 Å². The van der Waals surface area contributed by atoms with Crippen LogP contribution in [-0.4, -0.2) is 35.3 Å². The van der Waals surface area contributed by atoms with E-state index in [1.807, 2.05) is 38.1 Å². The van der Waals surface area contributed by atoms with Gasteiger partial charge in [0.15, 0.2) is 0 Å². The van der Waals surface area contributed by atoms with Crippen molar-refractivity contribution in [2.45, 2.75) is 39.7 Å². The lowest BCUT2D eigenvalue weighted by Gasteiger charge is -2.14. The van der Waals surface area contributed by atoms with Gasteiger partial charge in [0, 0.05) is 5.69 Å². The topological polar surface area (TPSA) is 78.5 Å². The summed E-state index contributed by atoms with van der Waals surface area (Å²) in [4.78, 5) is 37.0. The second-order valence-corrected chi connectivity index (χ2v) is 6.42. The monoisotopic (exact) mass is 317 g/mol. The molecule has 0 saturated carbocycles. The molecule has 1 aromatic rings. The summed E-state index contributed by atoms with van der Waals surface area (Å²) in [6.07, 6.45) is 0. The zero-order chi connectivity index (χ0) is 17.1. The quantitative estimate of drug-likeness (QED) is 0.818. The van der Waals surface area contributed by atoms with Crippen molar-refractivity contribution in [1.82, 2.24) is 10.2 Å². The molecule has 1 aliphatic heterocycles. The normalized spacial score (nSPS) is 17.8. The Bertz CT molecular complexity index is 608. The molecule has 2 N–H and O–H groups in total. The molecule has 6 nitrogen and oxygen atoms in total.